The minimum atomic E-state index is -3.52. The Morgan fingerprint density at radius 3 is 2.00 bits per heavy atom. The highest BCUT2D eigenvalue weighted by Crippen LogP contribution is 2.18. The van der Waals surface area contributed by atoms with Crippen LogP contribution in [-0.2, 0) is 15.6 Å². The average molecular weight is 302 g/mol. The van der Waals surface area contributed by atoms with Crippen molar-refractivity contribution in [2.24, 2.45) is 0 Å². The van der Waals surface area contributed by atoms with E-state index in [1.54, 1.807) is 61.5 Å². The molecule has 2 aromatic rings. The third kappa shape index (κ3) is 3.79. The molecule has 110 valence electrons. The zero-order chi connectivity index (χ0) is 15.3. The lowest BCUT2D eigenvalue weighted by atomic mass is 10.1. The molecular weight excluding hydrogens is 284 g/mol. The largest absolute Gasteiger partial charge is 0.293 e. The number of Topliss-reactive ketones (excluding diaryl/α,β-unsaturated/α-hetero) is 1. The quantitative estimate of drug-likeness (QED) is 0.770. The van der Waals surface area contributed by atoms with Gasteiger partial charge in [-0.15, -0.1) is 0 Å². The van der Waals surface area contributed by atoms with Gasteiger partial charge in [-0.05, 0) is 12.0 Å². The van der Waals surface area contributed by atoms with Crippen molar-refractivity contribution in [3.8, 4) is 0 Å². The molecule has 0 saturated carbocycles. The molecule has 0 aromatic heterocycles. The number of rotatable bonds is 6. The van der Waals surface area contributed by atoms with Gasteiger partial charge in [0, 0.05) is 5.56 Å². The number of hydrogen-bond acceptors (Lipinski definition) is 3. The second-order valence-electron chi connectivity index (χ2n) is 4.92. The monoisotopic (exact) mass is 302 g/mol. The summed E-state index contributed by atoms with van der Waals surface area (Å²) >= 11 is 0. The van der Waals surface area contributed by atoms with Crippen LogP contribution in [0.2, 0.25) is 0 Å². The van der Waals surface area contributed by atoms with E-state index in [0.29, 0.717) is 11.1 Å². The van der Waals surface area contributed by atoms with Crippen LogP contribution in [0.5, 0.6) is 0 Å². The summed E-state index contributed by atoms with van der Waals surface area (Å²) in [5.74, 6) is -0.431. The van der Waals surface area contributed by atoms with E-state index in [0.717, 1.165) is 0 Å². The number of benzene rings is 2. The Balaban J connectivity index is 2.26. The van der Waals surface area contributed by atoms with Crippen LogP contribution in [0.25, 0.3) is 0 Å². The predicted octanol–water partition coefficient (Wildman–Crippen LogP) is 3.26. The second-order valence-corrected chi connectivity index (χ2v) is 7.10. The summed E-state index contributed by atoms with van der Waals surface area (Å²) in [7, 11) is -3.52. The minimum Gasteiger partial charge on any atom is -0.293 e. The summed E-state index contributed by atoms with van der Waals surface area (Å²) in [5, 5.41) is -0.986. The Morgan fingerprint density at radius 2 is 1.48 bits per heavy atom. The zero-order valence-electron chi connectivity index (χ0n) is 11.9. The van der Waals surface area contributed by atoms with Gasteiger partial charge in [-0.1, -0.05) is 67.6 Å². The number of carbonyl (C=O) groups excluding carboxylic acids is 1. The Morgan fingerprint density at radius 1 is 0.952 bits per heavy atom. The highest BCUT2D eigenvalue weighted by atomic mass is 32.2. The van der Waals surface area contributed by atoms with Gasteiger partial charge >= 0.3 is 0 Å². The van der Waals surface area contributed by atoms with Crippen LogP contribution < -0.4 is 0 Å². The van der Waals surface area contributed by atoms with E-state index in [1.807, 2.05) is 6.07 Å². The van der Waals surface area contributed by atoms with E-state index in [1.165, 1.54) is 0 Å². The molecule has 2 rings (SSSR count). The van der Waals surface area contributed by atoms with E-state index in [9.17, 15) is 13.2 Å². The van der Waals surface area contributed by atoms with Crippen molar-refractivity contribution >= 4 is 15.6 Å². The van der Waals surface area contributed by atoms with Gasteiger partial charge in [0.2, 0.25) is 0 Å². The molecule has 2 aromatic carbocycles. The molecule has 0 radical (unpaired) electrons. The molecule has 0 heterocycles. The maximum atomic E-state index is 12.5. The molecule has 21 heavy (non-hydrogen) atoms. The van der Waals surface area contributed by atoms with Crippen molar-refractivity contribution in [3.05, 3.63) is 71.8 Å². The third-order valence-electron chi connectivity index (χ3n) is 3.37. The van der Waals surface area contributed by atoms with Crippen LogP contribution in [0, 0.1) is 0 Å². The van der Waals surface area contributed by atoms with Crippen molar-refractivity contribution in [1.82, 2.24) is 0 Å². The van der Waals surface area contributed by atoms with Gasteiger partial charge in [0.15, 0.2) is 15.6 Å². The van der Waals surface area contributed by atoms with E-state index in [-0.39, 0.29) is 18.0 Å². The number of hydrogen-bond donors (Lipinski definition) is 0. The summed E-state index contributed by atoms with van der Waals surface area (Å²) in [5.41, 5.74) is 1.15. The SMILES string of the molecule is CCC(C(=O)c1ccccc1)S(=O)(=O)Cc1ccccc1. The van der Waals surface area contributed by atoms with Gasteiger partial charge in [-0.3, -0.25) is 4.79 Å². The van der Waals surface area contributed by atoms with Crippen LogP contribution in [-0.4, -0.2) is 19.5 Å². The molecule has 0 aliphatic carbocycles. The molecule has 1 unspecified atom stereocenters. The molecule has 4 heteroatoms. The highest BCUT2D eigenvalue weighted by molar-refractivity contribution is 7.92. The standard InChI is InChI=1S/C17H18O3S/c1-2-16(17(18)15-11-7-4-8-12-15)21(19,20)13-14-9-5-3-6-10-14/h3-12,16H,2,13H2,1H3. The zero-order valence-corrected chi connectivity index (χ0v) is 12.7. The molecule has 0 aliphatic heterocycles. The number of carbonyl (C=O) groups is 1. The second kappa shape index (κ2) is 6.68. The van der Waals surface area contributed by atoms with E-state index in [2.05, 4.69) is 0 Å². The molecule has 0 spiro atoms. The van der Waals surface area contributed by atoms with Crippen LogP contribution in [0.1, 0.15) is 29.3 Å². The summed E-state index contributed by atoms with van der Waals surface area (Å²) in [6, 6.07) is 17.5. The van der Waals surface area contributed by atoms with Crippen LogP contribution in [0.4, 0.5) is 0 Å². The van der Waals surface area contributed by atoms with Crippen molar-refractivity contribution in [1.29, 1.82) is 0 Å². The molecule has 0 N–H and O–H groups in total. The van der Waals surface area contributed by atoms with Gasteiger partial charge < -0.3 is 0 Å². The summed E-state index contributed by atoms with van der Waals surface area (Å²) < 4.78 is 25.1. The number of ketones is 1. The molecule has 3 nitrogen and oxygen atoms in total. The van der Waals surface area contributed by atoms with Gasteiger partial charge in [0.25, 0.3) is 0 Å². The number of sulfone groups is 1. The summed E-state index contributed by atoms with van der Waals surface area (Å²) in [6.45, 7) is 1.73. The minimum absolute atomic E-state index is 0.106. The maximum absolute atomic E-state index is 12.5. The topological polar surface area (TPSA) is 51.2 Å². The van der Waals surface area contributed by atoms with Crippen molar-refractivity contribution < 1.29 is 13.2 Å². The molecule has 1 atom stereocenters. The Bertz CT molecular complexity index is 691. The fraction of sp³-hybridized carbons (Fsp3) is 0.235. The van der Waals surface area contributed by atoms with E-state index >= 15 is 0 Å². The van der Waals surface area contributed by atoms with Crippen LogP contribution in [0.15, 0.2) is 60.7 Å². The first kappa shape index (κ1) is 15.4. The van der Waals surface area contributed by atoms with Gasteiger partial charge in [0.1, 0.15) is 5.25 Å². The predicted molar refractivity (Wildman–Crippen MR) is 83.9 cm³/mol. The van der Waals surface area contributed by atoms with E-state index < -0.39 is 15.1 Å². The molecular formula is C17H18O3S. The van der Waals surface area contributed by atoms with Crippen LogP contribution >= 0.6 is 0 Å². The first-order valence-electron chi connectivity index (χ1n) is 6.89. The molecule has 0 saturated heterocycles. The van der Waals surface area contributed by atoms with E-state index in [4.69, 9.17) is 0 Å². The molecule has 0 aliphatic rings. The fourth-order valence-electron chi connectivity index (χ4n) is 2.30. The van der Waals surface area contributed by atoms with Crippen molar-refractivity contribution in [3.63, 3.8) is 0 Å². The average Bonchev–Trinajstić information content (AvgIpc) is 2.49. The summed E-state index contributed by atoms with van der Waals surface area (Å²) in [6.07, 6.45) is 0.281. The lowest BCUT2D eigenvalue weighted by Gasteiger charge is -2.15. The molecule has 0 amide bonds. The Kier molecular flexibility index (Phi) is 4.91. The van der Waals surface area contributed by atoms with Gasteiger partial charge in [0.05, 0.1) is 5.75 Å². The molecule has 0 fully saturated rings. The third-order valence-corrected chi connectivity index (χ3v) is 5.52. The van der Waals surface area contributed by atoms with Crippen molar-refractivity contribution in [2.75, 3.05) is 0 Å². The Hall–Kier alpha value is -1.94. The first-order chi connectivity index (χ1) is 10.0. The van der Waals surface area contributed by atoms with Crippen molar-refractivity contribution in [2.45, 2.75) is 24.3 Å². The fourth-order valence-corrected chi connectivity index (χ4v) is 4.13. The van der Waals surface area contributed by atoms with Gasteiger partial charge in [-0.2, -0.15) is 0 Å². The highest BCUT2D eigenvalue weighted by Gasteiger charge is 2.31. The Labute approximate surface area is 125 Å². The first-order valence-corrected chi connectivity index (χ1v) is 8.61. The smallest absolute Gasteiger partial charge is 0.180 e. The lowest BCUT2D eigenvalue weighted by molar-refractivity contribution is 0.0985. The van der Waals surface area contributed by atoms with Crippen LogP contribution in [0.3, 0.4) is 0 Å². The lowest BCUT2D eigenvalue weighted by Crippen LogP contribution is -2.31. The van der Waals surface area contributed by atoms with Gasteiger partial charge in [-0.25, -0.2) is 8.42 Å². The molecule has 0 bridgehead atoms. The normalized spacial score (nSPS) is 12.8. The maximum Gasteiger partial charge on any atom is 0.180 e. The summed E-state index contributed by atoms with van der Waals surface area (Å²) in [4.78, 5) is 12.4.